The van der Waals surface area contributed by atoms with Crippen LogP contribution >= 0.6 is 0 Å². The van der Waals surface area contributed by atoms with Crippen LogP contribution in [-0.2, 0) is 4.74 Å². The number of hydrogen-bond acceptors (Lipinski definition) is 3. The molecule has 1 radical (unpaired) electrons. The van der Waals surface area contributed by atoms with Crippen molar-refractivity contribution in [2.24, 2.45) is 5.73 Å². The molecule has 3 N–H and O–H groups in total. The highest BCUT2D eigenvalue weighted by atomic mass is 16.5. The second-order valence-electron chi connectivity index (χ2n) is 2.06. The number of aliphatic hydroxyl groups is 1. The van der Waals surface area contributed by atoms with Gasteiger partial charge in [0.2, 0.25) is 0 Å². The first kappa shape index (κ1) is 6.99. The summed E-state index contributed by atoms with van der Waals surface area (Å²) in [4.78, 5) is 0. The number of rotatable bonds is 1. The molecule has 1 rings (SSSR count). The van der Waals surface area contributed by atoms with Gasteiger partial charge in [-0.05, 0) is 0 Å². The van der Waals surface area contributed by atoms with E-state index in [0.29, 0.717) is 17.9 Å². The highest BCUT2D eigenvalue weighted by Crippen LogP contribution is 2.18. The summed E-state index contributed by atoms with van der Waals surface area (Å²) >= 11 is 0. The lowest BCUT2D eigenvalue weighted by atomic mass is 10.1. The van der Waals surface area contributed by atoms with E-state index >= 15 is 0 Å². The minimum absolute atomic E-state index is 0.207. The lowest BCUT2D eigenvalue weighted by Crippen LogP contribution is -2.07. The zero-order chi connectivity index (χ0) is 7.56. The van der Waals surface area contributed by atoms with Gasteiger partial charge in [0.25, 0.3) is 0 Å². The second-order valence-corrected chi connectivity index (χ2v) is 2.06. The molecule has 3 heteroatoms. The molecule has 0 atom stereocenters. The summed E-state index contributed by atoms with van der Waals surface area (Å²) in [6, 6.07) is 0. The molecule has 0 aromatic heterocycles. The number of nitrogens with two attached hydrogens (primary N) is 1. The monoisotopic (exact) mass is 140 g/mol. The molecule has 0 heterocycles. The van der Waals surface area contributed by atoms with Crippen molar-refractivity contribution >= 4 is 0 Å². The van der Waals surface area contributed by atoms with E-state index in [1.807, 2.05) is 0 Å². The van der Waals surface area contributed by atoms with Crippen LogP contribution in [0.5, 0.6) is 0 Å². The summed E-state index contributed by atoms with van der Waals surface area (Å²) < 4.78 is 4.92. The molecule has 0 aliphatic heterocycles. The van der Waals surface area contributed by atoms with Crippen LogP contribution in [0.4, 0.5) is 0 Å². The van der Waals surface area contributed by atoms with Gasteiger partial charge in [-0.1, -0.05) is 0 Å². The lowest BCUT2D eigenvalue weighted by Gasteiger charge is -2.12. The molecule has 10 heavy (non-hydrogen) atoms. The van der Waals surface area contributed by atoms with E-state index in [9.17, 15) is 0 Å². The summed E-state index contributed by atoms with van der Waals surface area (Å²) in [6.07, 6.45) is 3.70. The molecule has 3 nitrogen and oxygen atoms in total. The molecule has 0 fully saturated rings. The van der Waals surface area contributed by atoms with E-state index < -0.39 is 0 Å². The molecule has 0 unspecified atom stereocenters. The third-order valence-electron chi connectivity index (χ3n) is 1.37. The number of methoxy groups -OCH3 is 1. The SMILES string of the molecule is COC1=C(N)C=C(O)[CH]C1. The molecule has 1 aliphatic carbocycles. The Kier molecular flexibility index (Phi) is 1.85. The molecule has 0 saturated carbocycles. The molecule has 0 aromatic rings. The van der Waals surface area contributed by atoms with Gasteiger partial charge in [-0.15, -0.1) is 0 Å². The maximum Gasteiger partial charge on any atom is 0.119 e. The van der Waals surface area contributed by atoms with Crippen molar-refractivity contribution in [3.63, 3.8) is 0 Å². The smallest absolute Gasteiger partial charge is 0.119 e. The van der Waals surface area contributed by atoms with Gasteiger partial charge in [0.1, 0.15) is 5.76 Å². The van der Waals surface area contributed by atoms with Gasteiger partial charge in [-0.25, -0.2) is 0 Å². The van der Waals surface area contributed by atoms with Crippen LogP contribution in [0.15, 0.2) is 23.3 Å². The Morgan fingerprint density at radius 2 is 2.40 bits per heavy atom. The van der Waals surface area contributed by atoms with E-state index in [2.05, 4.69) is 0 Å². The van der Waals surface area contributed by atoms with E-state index in [1.54, 1.807) is 13.5 Å². The Morgan fingerprint density at radius 3 is 2.90 bits per heavy atom. The van der Waals surface area contributed by atoms with E-state index in [0.717, 1.165) is 0 Å². The van der Waals surface area contributed by atoms with Crippen molar-refractivity contribution in [1.82, 2.24) is 0 Å². The summed E-state index contributed by atoms with van der Waals surface area (Å²) in [5.41, 5.74) is 5.98. The minimum Gasteiger partial charge on any atom is -0.512 e. The standard InChI is InChI=1S/C7H10NO2/c1-10-7-3-2-5(9)4-6(7)8/h2,4,9H,3,8H2,1H3. The Bertz CT molecular complexity index is 194. The van der Waals surface area contributed by atoms with Gasteiger partial charge in [0.05, 0.1) is 18.6 Å². The maximum absolute atomic E-state index is 8.93. The van der Waals surface area contributed by atoms with Gasteiger partial charge in [0, 0.05) is 18.9 Å². The van der Waals surface area contributed by atoms with Gasteiger partial charge in [-0.3, -0.25) is 0 Å². The normalized spacial score (nSPS) is 18.7. The molecule has 0 amide bonds. The van der Waals surface area contributed by atoms with Crippen molar-refractivity contribution < 1.29 is 9.84 Å². The average molecular weight is 140 g/mol. The Hall–Kier alpha value is -1.12. The molecule has 0 saturated heterocycles. The summed E-state index contributed by atoms with van der Waals surface area (Å²) in [5.74, 6) is 0.913. The fourth-order valence-corrected chi connectivity index (χ4v) is 0.815. The van der Waals surface area contributed by atoms with Crippen LogP contribution in [0.2, 0.25) is 0 Å². The number of ether oxygens (including phenoxy) is 1. The molecule has 0 bridgehead atoms. The largest absolute Gasteiger partial charge is 0.512 e. The highest BCUT2D eigenvalue weighted by molar-refractivity contribution is 5.30. The number of allylic oxidation sites excluding steroid dienone is 3. The van der Waals surface area contributed by atoms with E-state index in [-0.39, 0.29) is 5.76 Å². The molecular formula is C7H10NO2. The predicted molar refractivity (Wildman–Crippen MR) is 37.9 cm³/mol. The van der Waals surface area contributed by atoms with Crippen molar-refractivity contribution in [2.75, 3.05) is 7.11 Å². The van der Waals surface area contributed by atoms with Crippen LogP contribution in [0, 0.1) is 6.42 Å². The fraction of sp³-hybridized carbons (Fsp3) is 0.286. The van der Waals surface area contributed by atoms with Gasteiger partial charge in [-0.2, -0.15) is 0 Å². The zero-order valence-corrected chi connectivity index (χ0v) is 5.79. The second kappa shape index (κ2) is 2.64. The van der Waals surface area contributed by atoms with Crippen molar-refractivity contribution in [1.29, 1.82) is 0 Å². The highest BCUT2D eigenvalue weighted by Gasteiger charge is 2.10. The third kappa shape index (κ3) is 1.23. The van der Waals surface area contributed by atoms with Crippen LogP contribution in [0.3, 0.4) is 0 Å². The zero-order valence-electron chi connectivity index (χ0n) is 5.79. The predicted octanol–water partition coefficient (Wildman–Crippen LogP) is 0.853. The van der Waals surface area contributed by atoms with E-state index in [4.69, 9.17) is 15.6 Å². The fourth-order valence-electron chi connectivity index (χ4n) is 0.815. The Labute approximate surface area is 59.8 Å². The molecular weight excluding hydrogens is 130 g/mol. The Morgan fingerprint density at radius 1 is 1.70 bits per heavy atom. The summed E-state index contributed by atoms with van der Waals surface area (Å²) in [6.45, 7) is 0. The number of hydrogen-bond donors (Lipinski definition) is 2. The van der Waals surface area contributed by atoms with Gasteiger partial charge >= 0.3 is 0 Å². The van der Waals surface area contributed by atoms with Gasteiger partial charge < -0.3 is 15.6 Å². The molecule has 55 valence electrons. The first-order valence-corrected chi connectivity index (χ1v) is 3.00. The molecule has 1 aliphatic rings. The molecule has 0 aromatic carbocycles. The average Bonchev–Trinajstić information content (AvgIpc) is 1.88. The third-order valence-corrected chi connectivity index (χ3v) is 1.37. The van der Waals surface area contributed by atoms with Crippen LogP contribution in [0.1, 0.15) is 6.42 Å². The van der Waals surface area contributed by atoms with Crippen molar-refractivity contribution in [2.45, 2.75) is 6.42 Å². The van der Waals surface area contributed by atoms with Crippen molar-refractivity contribution in [3.8, 4) is 0 Å². The van der Waals surface area contributed by atoms with Crippen LogP contribution < -0.4 is 5.73 Å². The van der Waals surface area contributed by atoms with Gasteiger partial charge in [0.15, 0.2) is 0 Å². The summed E-state index contributed by atoms with van der Waals surface area (Å²) in [5, 5.41) is 8.93. The first-order valence-electron chi connectivity index (χ1n) is 3.00. The Balaban J connectivity index is 2.80. The van der Waals surface area contributed by atoms with Crippen LogP contribution in [0.25, 0.3) is 0 Å². The van der Waals surface area contributed by atoms with E-state index in [1.165, 1.54) is 6.08 Å². The minimum atomic E-state index is 0.207. The topological polar surface area (TPSA) is 55.5 Å². The number of aliphatic hydroxyl groups excluding tert-OH is 1. The lowest BCUT2D eigenvalue weighted by molar-refractivity contribution is 0.272. The quantitative estimate of drug-likeness (QED) is 0.567. The summed E-state index contributed by atoms with van der Waals surface area (Å²) in [7, 11) is 1.56. The maximum atomic E-state index is 8.93. The first-order chi connectivity index (χ1) is 4.74. The van der Waals surface area contributed by atoms with Crippen LogP contribution in [-0.4, -0.2) is 12.2 Å². The molecule has 0 spiro atoms. The van der Waals surface area contributed by atoms with Crippen molar-refractivity contribution in [3.05, 3.63) is 29.7 Å².